The number of nitrogens with zero attached hydrogens (tertiary/aromatic N) is 2. The summed E-state index contributed by atoms with van der Waals surface area (Å²) in [6, 6.07) is 5.12. The first-order valence-corrected chi connectivity index (χ1v) is 9.36. The van der Waals surface area contributed by atoms with Crippen molar-refractivity contribution < 1.29 is 17.9 Å². The van der Waals surface area contributed by atoms with Crippen LogP contribution in [0.2, 0.25) is 0 Å². The molecule has 0 atom stereocenters. The molecule has 3 aromatic rings. The summed E-state index contributed by atoms with van der Waals surface area (Å²) in [7, 11) is -0.709. The number of pyridine rings is 1. The van der Waals surface area contributed by atoms with E-state index in [9.17, 15) is 8.42 Å². The molecule has 10 heteroatoms. The number of H-pyrrole nitrogens is 1. The molecule has 0 fully saturated rings. The molecule has 2 heterocycles. The first kappa shape index (κ1) is 21.6. The van der Waals surface area contributed by atoms with Crippen LogP contribution in [0.1, 0.15) is 16.8 Å². The van der Waals surface area contributed by atoms with Gasteiger partial charge in [0.25, 0.3) is 10.0 Å². The van der Waals surface area contributed by atoms with E-state index in [1.54, 1.807) is 31.5 Å². The maximum atomic E-state index is 12.6. The number of methoxy groups -OCH3 is 2. The van der Waals surface area contributed by atoms with Gasteiger partial charge in [-0.3, -0.25) is 4.98 Å². The van der Waals surface area contributed by atoms with E-state index >= 15 is 0 Å². The molecule has 3 rings (SSSR count). The fourth-order valence-electron chi connectivity index (χ4n) is 2.70. The largest absolute Gasteiger partial charge is 0.497 e. The summed E-state index contributed by atoms with van der Waals surface area (Å²) < 4.78 is 38.1. The van der Waals surface area contributed by atoms with Gasteiger partial charge in [0.2, 0.25) is 5.16 Å². The third kappa shape index (κ3) is 4.44. The molecule has 0 aliphatic carbocycles. The van der Waals surface area contributed by atoms with E-state index in [1.165, 1.54) is 7.11 Å². The van der Waals surface area contributed by atoms with E-state index in [-0.39, 0.29) is 41.3 Å². The predicted octanol–water partition coefficient (Wildman–Crippen LogP) is 1.69. The van der Waals surface area contributed by atoms with Gasteiger partial charge in [0.15, 0.2) is 0 Å². The molecule has 0 amide bonds. The van der Waals surface area contributed by atoms with Gasteiger partial charge in [-0.15, -0.1) is 0 Å². The standard InChI is InChI=1S/C17H20N4O4S.Na/c1-10-8-18-15(11(2)16(10)25-4)9-19-26(22,23)17-20-13-6-5-12(24-3)7-14(13)21-17;/h5-8,19H,9H2,1-4H3,(H,20,21);. The molecule has 2 N–H and O–H groups in total. The summed E-state index contributed by atoms with van der Waals surface area (Å²) in [6.07, 6.45) is 1.66. The molecule has 139 valence electrons. The van der Waals surface area contributed by atoms with Gasteiger partial charge in [0.05, 0.1) is 37.5 Å². The minimum atomic E-state index is -3.82. The number of benzene rings is 1. The number of imidazole rings is 1. The first-order chi connectivity index (χ1) is 12.4. The van der Waals surface area contributed by atoms with Crippen LogP contribution in [-0.2, 0) is 16.6 Å². The Hall–Kier alpha value is -1.65. The molecular weight excluding hydrogens is 379 g/mol. The van der Waals surface area contributed by atoms with Crippen LogP contribution >= 0.6 is 0 Å². The molecule has 0 aliphatic rings. The minimum Gasteiger partial charge on any atom is -0.497 e. The van der Waals surface area contributed by atoms with Gasteiger partial charge in [-0.2, -0.15) is 0 Å². The number of nitrogens with one attached hydrogen (secondary N) is 2. The summed E-state index contributed by atoms with van der Waals surface area (Å²) in [4.78, 5) is 11.2. The van der Waals surface area contributed by atoms with Crippen LogP contribution in [0.15, 0.2) is 29.6 Å². The third-order valence-corrected chi connectivity index (χ3v) is 5.33. The van der Waals surface area contributed by atoms with E-state index in [0.717, 1.165) is 11.1 Å². The minimum absolute atomic E-state index is 0. The third-order valence-electron chi connectivity index (χ3n) is 4.10. The van der Waals surface area contributed by atoms with Crippen molar-refractivity contribution in [2.24, 2.45) is 0 Å². The van der Waals surface area contributed by atoms with E-state index in [1.807, 2.05) is 13.8 Å². The molecule has 0 saturated heterocycles. The summed E-state index contributed by atoms with van der Waals surface area (Å²) in [5, 5.41) is -0.155. The summed E-state index contributed by atoms with van der Waals surface area (Å²) in [5.74, 6) is 1.30. The Morgan fingerprint density at radius 1 is 1.19 bits per heavy atom. The second-order valence-electron chi connectivity index (χ2n) is 5.80. The topological polar surface area (TPSA) is 106 Å². The van der Waals surface area contributed by atoms with Crippen LogP contribution in [0.4, 0.5) is 0 Å². The molecule has 0 unspecified atom stereocenters. The van der Waals surface area contributed by atoms with Gasteiger partial charge in [-0.25, -0.2) is 18.1 Å². The van der Waals surface area contributed by atoms with Crippen molar-refractivity contribution in [3.05, 3.63) is 41.2 Å². The Bertz CT molecular complexity index is 1070. The SMILES string of the molecule is COc1ccc2[nH]c(S(=O)(=O)NCc3ncc(C)c(OC)c3C)nc2c1.[Na]. The van der Waals surface area contributed by atoms with E-state index in [0.29, 0.717) is 28.2 Å². The number of hydrogen-bond donors (Lipinski definition) is 2. The van der Waals surface area contributed by atoms with Crippen molar-refractivity contribution >= 4 is 50.6 Å². The van der Waals surface area contributed by atoms with Gasteiger partial charge in [0.1, 0.15) is 11.5 Å². The predicted molar refractivity (Wildman–Crippen MR) is 103 cm³/mol. The van der Waals surface area contributed by atoms with Crippen LogP contribution in [0.5, 0.6) is 11.5 Å². The van der Waals surface area contributed by atoms with Crippen molar-refractivity contribution in [1.82, 2.24) is 19.7 Å². The van der Waals surface area contributed by atoms with Crippen molar-refractivity contribution in [2.75, 3.05) is 14.2 Å². The maximum absolute atomic E-state index is 12.6. The van der Waals surface area contributed by atoms with Gasteiger partial charge < -0.3 is 14.5 Å². The maximum Gasteiger partial charge on any atom is 0.274 e. The second kappa shape index (κ2) is 8.57. The summed E-state index contributed by atoms with van der Waals surface area (Å²) in [5.41, 5.74) is 3.40. The number of aryl methyl sites for hydroxylation is 1. The smallest absolute Gasteiger partial charge is 0.274 e. The van der Waals surface area contributed by atoms with Gasteiger partial charge in [-0.1, -0.05) is 0 Å². The summed E-state index contributed by atoms with van der Waals surface area (Å²) >= 11 is 0. The van der Waals surface area contributed by atoms with Crippen molar-refractivity contribution in [2.45, 2.75) is 25.5 Å². The van der Waals surface area contributed by atoms with Gasteiger partial charge in [0, 0.05) is 52.9 Å². The molecule has 1 radical (unpaired) electrons. The van der Waals surface area contributed by atoms with Gasteiger partial charge >= 0.3 is 0 Å². The zero-order valence-electron chi connectivity index (χ0n) is 16.0. The Morgan fingerprint density at radius 3 is 2.59 bits per heavy atom. The number of fused-ring (bicyclic) bond motifs is 1. The van der Waals surface area contributed by atoms with Crippen LogP contribution in [-0.4, -0.2) is 67.1 Å². The van der Waals surface area contributed by atoms with Crippen LogP contribution in [0, 0.1) is 13.8 Å². The Kier molecular flexibility index (Phi) is 6.87. The van der Waals surface area contributed by atoms with Crippen LogP contribution in [0.3, 0.4) is 0 Å². The van der Waals surface area contributed by atoms with Crippen molar-refractivity contribution in [3.8, 4) is 11.5 Å². The quantitative estimate of drug-likeness (QED) is 0.611. The number of ether oxygens (including phenoxy) is 2. The van der Waals surface area contributed by atoms with Crippen molar-refractivity contribution in [1.29, 1.82) is 0 Å². The Labute approximate surface area is 180 Å². The second-order valence-corrected chi connectivity index (χ2v) is 7.48. The Morgan fingerprint density at radius 2 is 1.93 bits per heavy atom. The zero-order valence-corrected chi connectivity index (χ0v) is 18.8. The fraction of sp³-hybridized carbons (Fsp3) is 0.294. The van der Waals surface area contributed by atoms with Crippen molar-refractivity contribution in [3.63, 3.8) is 0 Å². The fourth-order valence-corrected chi connectivity index (χ4v) is 3.62. The molecule has 0 bridgehead atoms. The normalized spacial score (nSPS) is 11.3. The number of hydrogen-bond acceptors (Lipinski definition) is 6. The molecular formula is C17H20N4NaO4S. The number of aromatic amines is 1. The van der Waals surface area contributed by atoms with Crippen LogP contribution in [0.25, 0.3) is 11.0 Å². The average Bonchev–Trinajstić information content (AvgIpc) is 3.05. The number of sulfonamides is 1. The van der Waals surface area contributed by atoms with E-state index < -0.39 is 10.0 Å². The summed E-state index contributed by atoms with van der Waals surface area (Å²) in [6.45, 7) is 3.76. The molecule has 27 heavy (non-hydrogen) atoms. The average molecular weight is 399 g/mol. The zero-order chi connectivity index (χ0) is 18.9. The van der Waals surface area contributed by atoms with E-state index in [2.05, 4.69) is 19.7 Å². The van der Waals surface area contributed by atoms with E-state index in [4.69, 9.17) is 9.47 Å². The Balaban J connectivity index is 0.00000261. The van der Waals surface area contributed by atoms with Crippen LogP contribution < -0.4 is 14.2 Å². The molecule has 1 aromatic carbocycles. The number of aromatic nitrogens is 3. The molecule has 0 aliphatic heterocycles. The number of rotatable bonds is 6. The first-order valence-electron chi connectivity index (χ1n) is 7.88. The monoisotopic (exact) mass is 399 g/mol. The molecule has 0 spiro atoms. The molecule has 8 nitrogen and oxygen atoms in total. The van der Waals surface area contributed by atoms with Gasteiger partial charge in [-0.05, 0) is 26.0 Å². The molecule has 0 saturated carbocycles. The molecule has 2 aromatic heterocycles.